The molecular weight excluding hydrogens is 279 g/mol. The molecule has 1 aromatic rings. The largest absolute Gasteiger partial charge is 0.416 e. The lowest BCUT2D eigenvalue weighted by Gasteiger charge is -2.14. The van der Waals surface area contributed by atoms with Crippen LogP contribution in [0.15, 0.2) is 23.1 Å². The van der Waals surface area contributed by atoms with Gasteiger partial charge in [-0.1, -0.05) is 0 Å². The second-order valence-electron chi connectivity index (χ2n) is 4.94. The van der Waals surface area contributed by atoms with Crippen LogP contribution in [0.1, 0.15) is 30.4 Å². The average molecular weight is 293 g/mol. The molecule has 19 heavy (non-hydrogen) atoms. The lowest BCUT2D eigenvalue weighted by molar-refractivity contribution is -0.137. The summed E-state index contributed by atoms with van der Waals surface area (Å²) in [7, 11) is -3.49. The molecule has 0 spiro atoms. The van der Waals surface area contributed by atoms with Gasteiger partial charge in [-0.2, -0.15) is 13.2 Å². The summed E-state index contributed by atoms with van der Waals surface area (Å²) in [6.45, 7) is 1.71. The smallest absolute Gasteiger partial charge is 0.328 e. The predicted molar refractivity (Wildman–Crippen MR) is 64.5 cm³/mol. The van der Waals surface area contributed by atoms with Gasteiger partial charge in [-0.3, -0.25) is 0 Å². The second kappa shape index (κ2) is 4.49. The second-order valence-corrected chi connectivity index (χ2v) is 6.94. The van der Waals surface area contributed by atoms with Crippen LogP contribution in [-0.4, -0.2) is 20.2 Å². The van der Waals surface area contributed by atoms with Crippen LogP contribution in [0.25, 0.3) is 0 Å². The first-order valence-corrected chi connectivity index (χ1v) is 7.46. The summed E-state index contributed by atoms with van der Waals surface area (Å²) < 4.78 is 61.8. The summed E-state index contributed by atoms with van der Waals surface area (Å²) >= 11 is 0. The van der Waals surface area contributed by atoms with E-state index < -0.39 is 27.5 Å². The Balaban J connectivity index is 2.51. The minimum atomic E-state index is -4.47. The highest BCUT2D eigenvalue weighted by atomic mass is 32.2. The Bertz CT molecular complexity index is 593. The lowest BCUT2D eigenvalue weighted by Crippen LogP contribution is -2.19. The number of rotatable bonds is 2. The number of alkyl halides is 3. The van der Waals surface area contributed by atoms with Crippen molar-refractivity contribution in [2.24, 2.45) is 5.73 Å². The van der Waals surface area contributed by atoms with Crippen molar-refractivity contribution >= 4 is 9.84 Å². The van der Waals surface area contributed by atoms with E-state index in [1.807, 2.05) is 0 Å². The summed E-state index contributed by atoms with van der Waals surface area (Å²) in [5, 5.41) is 0. The molecule has 7 heteroatoms. The molecule has 106 valence electrons. The number of fused-ring (bicyclic) bond motifs is 1. The van der Waals surface area contributed by atoms with Crippen molar-refractivity contribution in [2.45, 2.75) is 36.4 Å². The Morgan fingerprint density at radius 3 is 2.58 bits per heavy atom. The van der Waals surface area contributed by atoms with E-state index in [-0.39, 0.29) is 22.3 Å². The number of hydrogen-bond donors (Lipinski definition) is 1. The van der Waals surface area contributed by atoms with E-state index in [1.54, 1.807) is 6.92 Å². The normalized spacial score (nSPS) is 23.1. The quantitative estimate of drug-likeness (QED) is 0.910. The first kappa shape index (κ1) is 14.3. The molecule has 0 saturated carbocycles. The van der Waals surface area contributed by atoms with Crippen LogP contribution in [-0.2, 0) is 16.0 Å². The number of halogens is 3. The van der Waals surface area contributed by atoms with Gasteiger partial charge in [0.15, 0.2) is 9.84 Å². The molecule has 0 aromatic heterocycles. The van der Waals surface area contributed by atoms with E-state index in [1.165, 1.54) is 0 Å². The van der Waals surface area contributed by atoms with Gasteiger partial charge in [0, 0.05) is 12.0 Å². The van der Waals surface area contributed by atoms with Crippen molar-refractivity contribution in [3.63, 3.8) is 0 Å². The molecule has 0 amide bonds. The number of hydrogen-bond acceptors (Lipinski definition) is 3. The predicted octanol–water partition coefficient (Wildman–Crippen LogP) is 2.31. The summed E-state index contributed by atoms with van der Waals surface area (Å²) in [4.78, 5) is 0.00569. The van der Waals surface area contributed by atoms with E-state index in [4.69, 9.17) is 5.73 Å². The highest BCUT2D eigenvalue weighted by Gasteiger charge is 2.38. The van der Waals surface area contributed by atoms with Gasteiger partial charge < -0.3 is 5.73 Å². The van der Waals surface area contributed by atoms with E-state index >= 15 is 0 Å². The summed E-state index contributed by atoms with van der Waals surface area (Å²) in [5.41, 5.74) is 5.05. The molecule has 0 aliphatic carbocycles. The molecule has 2 rings (SSSR count). The van der Waals surface area contributed by atoms with Gasteiger partial charge in [0.05, 0.1) is 16.2 Å². The number of sulfone groups is 1. The molecule has 3 nitrogen and oxygen atoms in total. The standard InChI is InChI=1S/C12H14F3NO2S/c1-7(16)4-8-6-19(17,18)11-3-2-9(5-10(8)11)12(13,14)15/h2-3,5,7-8H,4,6,16H2,1H3. The molecule has 2 unspecified atom stereocenters. The molecule has 0 bridgehead atoms. The Kier molecular flexibility index (Phi) is 3.38. The fourth-order valence-corrected chi connectivity index (χ4v) is 4.30. The molecule has 1 heterocycles. The average Bonchev–Trinajstić information content (AvgIpc) is 2.48. The number of benzene rings is 1. The highest BCUT2D eigenvalue weighted by Crippen LogP contribution is 2.40. The van der Waals surface area contributed by atoms with Crippen molar-refractivity contribution in [3.05, 3.63) is 29.3 Å². The molecule has 0 fully saturated rings. The van der Waals surface area contributed by atoms with Crippen LogP contribution in [0.2, 0.25) is 0 Å². The van der Waals surface area contributed by atoms with Gasteiger partial charge in [0.25, 0.3) is 0 Å². The minimum Gasteiger partial charge on any atom is -0.328 e. The fourth-order valence-electron chi connectivity index (χ4n) is 2.42. The molecule has 0 radical (unpaired) electrons. The summed E-state index contributed by atoms with van der Waals surface area (Å²) in [6.07, 6.45) is -4.12. The first-order chi connectivity index (χ1) is 8.61. The Hall–Kier alpha value is -1.08. The van der Waals surface area contributed by atoms with Crippen LogP contribution < -0.4 is 5.73 Å². The Morgan fingerprint density at radius 1 is 1.42 bits per heavy atom. The summed E-state index contributed by atoms with van der Waals surface area (Å²) in [6, 6.07) is 2.53. The molecule has 1 aliphatic rings. The third kappa shape index (κ3) is 2.76. The topological polar surface area (TPSA) is 60.2 Å². The van der Waals surface area contributed by atoms with Gasteiger partial charge in [-0.25, -0.2) is 8.42 Å². The first-order valence-electron chi connectivity index (χ1n) is 5.81. The minimum absolute atomic E-state index is 0.00569. The van der Waals surface area contributed by atoms with Crippen LogP contribution in [0.3, 0.4) is 0 Å². The molecular formula is C12H14F3NO2S. The lowest BCUT2D eigenvalue weighted by atomic mass is 9.93. The zero-order valence-electron chi connectivity index (χ0n) is 10.2. The van der Waals surface area contributed by atoms with Crippen molar-refractivity contribution in [1.29, 1.82) is 0 Å². The number of nitrogens with two attached hydrogens (primary N) is 1. The van der Waals surface area contributed by atoms with Crippen LogP contribution in [0, 0.1) is 0 Å². The third-order valence-corrected chi connectivity index (χ3v) is 5.07. The third-order valence-electron chi connectivity index (χ3n) is 3.19. The van der Waals surface area contributed by atoms with Gasteiger partial charge in [0.2, 0.25) is 0 Å². The van der Waals surface area contributed by atoms with Crippen molar-refractivity contribution < 1.29 is 21.6 Å². The Morgan fingerprint density at radius 2 is 2.05 bits per heavy atom. The highest BCUT2D eigenvalue weighted by molar-refractivity contribution is 7.91. The monoisotopic (exact) mass is 293 g/mol. The fraction of sp³-hybridized carbons (Fsp3) is 0.500. The summed E-state index contributed by atoms with van der Waals surface area (Å²) in [5.74, 6) is -0.618. The van der Waals surface area contributed by atoms with E-state index in [0.29, 0.717) is 6.42 Å². The Labute approximate surface area is 109 Å². The van der Waals surface area contributed by atoms with Crippen molar-refractivity contribution in [1.82, 2.24) is 0 Å². The molecule has 1 aliphatic heterocycles. The maximum Gasteiger partial charge on any atom is 0.416 e. The van der Waals surface area contributed by atoms with E-state index in [0.717, 1.165) is 18.2 Å². The van der Waals surface area contributed by atoms with Crippen LogP contribution >= 0.6 is 0 Å². The molecule has 1 aromatic carbocycles. The van der Waals surface area contributed by atoms with Crippen molar-refractivity contribution in [3.8, 4) is 0 Å². The molecule has 0 saturated heterocycles. The van der Waals surface area contributed by atoms with E-state index in [9.17, 15) is 21.6 Å². The van der Waals surface area contributed by atoms with Gasteiger partial charge in [0.1, 0.15) is 0 Å². The van der Waals surface area contributed by atoms with Crippen molar-refractivity contribution in [2.75, 3.05) is 5.75 Å². The zero-order valence-corrected chi connectivity index (χ0v) is 11.1. The molecule has 2 N–H and O–H groups in total. The van der Waals surface area contributed by atoms with Gasteiger partial charge >= 0.3 is 6.18 Å². The van der Waals surface area contributed by atoms with E-state index in [2.05, 4.69) is 0 Å². The molecule has 2 atom stereocenters. The van der Waals surface area contributed by atoms with Gasteiger partial charge in [-0.15, -0.1) is 0 Å². The van der Waals surface area contributed by atoms with Crippen LogP contribution in [0.5, 0.6) is 0 Å². The SMILES string of the molecule is CC(N)CC1CS(=O)(=O)c2ccc(C(F)(F)F)cc21. The zero-order chi connectivity index (χ0) is 14.4. The van der Waals surface area contributed by atoms with Crippen LogP contribution in [0.4, 0.5) is 13.2 Å². The van der Waals surface area contributed by atoms with Gasteiger partial charge in [-0.05, 0) is 37.1 Å². The maximum absolute atomic E-state index is 12.7. The maximum atomic E-state index is 12.7.